The number of nitrogens with zero attached hydrogens (tertiary/aromatic N) is 3. The summed E-state index contributed by atoms with van der Waals surface area (Å²) in [6, 6.07) is 0. The molecule has 1 amide bonds. The number of piperidine rings is 1. The molecule has 0 N–H and O–H groups in total. The van der Waals surface area contributed by atoms with Crippen LogP contribution in [0.3, 0.4) is 0 Å². The van der Waals surface area contributed by atoms with Crippen molar-refractivity contribution in [3.8, 4) is 0 Å². The minimum Gasteiger partial charge on any atom is -0.466 e. The van der Waals surface area contributed by atoms with Gasteiger partial charge in [-0.25, -0.2) is 4.98 Å². The molecule has 1 atom stereocenters. The lowest BCUT2D eigenvalue weighted by atomic mass is 9.97. The van der Waals surface area contributed by atoms with E-state index in [2.05, 4.69) is 4.98 Å². The first kappa shape index (κ1) is 20.1. The highest BCUT2D eigenvalue weighted by Crippen LogP contribution is 2.26. The molecular weight excluding hydrogens is 366 g/mol. The van der Waals surface area contributed by atoms with Gasteiger partial charge in [-0.3, -0.25) is 19.0 Å². The molecule has 2 aromatic rings. The summed E-state index contributed by atoms with van der Waals surface area (Å²) in [7, 11) is 1.55. The fourth-order valence-corrected chi connectivity index (χ4v) is 3.52. The summed E-state index contributed by atoms with van der Waals surface area (Å²) in [4.78, 5) is 43.9. The number of rotatable bonds is 6. The molecule has 0 bridgehead atoms. The predicted molar refractivity (Wildman–Crippen MR) is 100 cm³/mol. The van der Waals surface area contributed by atoms with Crippen molar-refractivity contribution in [3.63, 3.8) is 0 Å². The van der Waals surface area contributed by atoms with Crippen molar-refractivity contribution < 1.29 is 23.5 Å². The Morgan fingerprint density at radius 1 is 1.39 bits per heavy atom. The van der Waals surface area contributed by atoms with E-state index >= 15 is 0 Å². The molecule has 3 heterocycles. The predicted octanol–water partition coefficient (Wildman–Crippen LogP) is 1.36. The smallest absolute Gasteiger partial charge is 0.310 e. The highest BCUT2D eigenvalue weighted by atomic mass is 16.5. The number of esters is 1. The quantitative estimate of drug-likeness (QED) is 0.685. The second-order valence-corrected chi connectivity index (χ2v) is 6.79. The van der Waals surface area contributed by atoms with Gasteiger partial charge in [0.1, 0.15) is 17.5 Å². The Morgan fingerprint density at radius 3 is 2.89 bits per heavy atom. The van der Waals surface area contributed by atoms with Crippen molar-refractivity contribution in [2.24, 2.45) is 5.92 Å². The molecule has 1 aliphatic rings. The molecule has 1 fully saturated rings. The highest BCUT2D eigenvalue weighted by molar-refractivity contribution is 6.06. The lowest BCUT2D eigenvalue weighted by molar-refractivity contribution is -0.149. The standard InChI is InChI=1S/C19H25N3O6/c1-4-27-19(25)13-6-5-7-21(10-13)17(23)14-12(2)28-16-15(14)18(24)22(11-20-16)8-9-26-3/h11,13H,4-10H2,1-3H3. The van der Waals surface area contributed by atoms with E-state index in [0.717, 1.165) is 0 Å². The number of hydrogen-bond acceptors (Lipinski definition) is 7. The van der Waals surface area contributed by atoms with Crippen LogP contribution in [0, 0.1) is 12.8 Å². The molecule has 0 saturated carbocycles. The average molecular weight is 391 g/mol. The molecular formula is C19H25N3O6. The number of hydrogen-bond donors (Lipinski definition) is 0. The molecule has 28 heavy (non-hydrogen) atoms. The Kier molecular flexibility index (Phi) is 6.13. The monoisotopic (exact) mass is 391 g/mol. The molecule has 0 radical (unpaired) electrons. The summed E-state index contributed by atoms with van der Waals surface area (Å²) in [5.74, 6) is -0.633. The zero-order valence-corrected chi connectivity index (χ0v) is 16.4. The largest absolute Gasteiger partial charge is 0.466 e. The van der Waals surface area contributed by atoms with E-state index in [-0.39, 0.29) is 46.6 Å². The van der Waals surface area contributed by atoms with Gasteiger partial charge in [0.2, 0.25) is 5.71 Å². The van der Waals surface area contributed by atoms with Gasteiger partial charge in [-0.1, -0.05) is 0 Å². The molecule has 0 aliphatic carbocycles. The molecule has 0 spiro atoms. The molecule has 3 rings (SSSR count). The van der Waals surface area contributed by atoms with E-state index in [0.29, 0.717) is 44.9 Å². The summed E-state index contributed by atoms with van der Waals surface area (Å²) in [5, 5.41) is 0.166. The topological polar surface area (TPSA) is 104 Å². The molecule has 152 valence electrons. The van der Waals surface area contributed by atoms with Crippen molar-refractivity contribution in [2.45, 2.75) is 33.2 Å². The number of carbonyl (C=O) groups is 2. The number of carbonyl (C=O) groups excluding carboxylic acids is 2. The number of methoxy groups -OCH3 is 1. The van der Waals surface area contributed by atoms with E-state index < -0.39 is 0 Å². The van der Waals surface area contributed by atoms with Crippen molar-refractivity contribution in [3.05, 3.63) is 28.0 Å². The Hall–Kier alpha value is -2.68. The SMILES string of the molecule is CCOC(=O)C1CCCN(C(=O)c2c(C)oc3ncn(CCOC)c(=O)c23)C1. The third kappa shape index (κ3) is 3.80. The summed E-state index contributed by atoms with van der Waals surface area (Å²) < 4.78 is 17.1. The maximum absolute atomic E-state index is 13.2. The van der Waals surface area contributed by atoms with Crippen LogP contribution in [0.25, 0.3) is 11.1 Å². The van der Waals surface area contributed by atoms with Crippen molar-refractivity contribution in [1.82, 2.24) is 14.5 Å². The Bertz CT molecular complexity index is 932. The van der Waals surface area contributed by atoms with Gasteiger partial charge in [0.25, 0.3) is 11.5 Å². The van der Waals surface area contributed by atoms with E-state index in [1.807, 2.05) is 0 Å². The number of furan rings is 1. The van der Waals surface area contributed by atoms with Gasteiger partial charge in [0, 0.05) is 20.2 Å². The Balaban J connectivity index is 1.93. The molecule has 9 nitrogen and oxygen atoms in total. The summed E-state index contributed by atoms with van der Waals surface area (Å²) in [5.41, 5.74) is 0.00319. The first-order valence-corrected chi connectivity index (χ1v) is 9.41. The van der Waals surface area contributed by atoms with Crippen LogP contribution in [0.5, 0.6) is 0 Å². The number of amides is 1. The minimum absolute atomic E-state index is 0.137. The van der Waals surface area contributed by atoms with Crippen LogP contribution in [0.4, 0.5) is 0 Å². The lowest BCUT2D eigenvalue weighted by Gasteiger charge is -2.31. The van der Waals surface area contributed by atoms with Crippen molar-refractivity contribution in [1.29, 1.82) is 0 Å². The summed E-state index contributed by atoms with van der Waals surface area (Å²) in [6.07, 6.45) is 2.76. The number of ether oxygens (including phenoxy) is 2. The van der Waals surface area contributed by atoms with Crippen molar-refractivity contribution in [2.75, 3.05) is 33.4 Å². The van der Waals surface area contributed by atoms with E-state index in [4.69, 9.17) is 13.9 Å². The zero-order chi connectivity index (χ0) is 20.3. The van der Waals surface area contributed by atoms with Crippen LogP contribution in [0.15, 0.2) is 15.5 Å². The lowest BCUT2D eigenvalue weighted by Crippen LogP contribution is -2.43. The van der Waals surface area contributed by atoms with E-state index in [1.165, 1.54) is 10.9 Å². The normalized spacial score (nSPS) is 17.1. The van der Waals surface area contributed by atoms with Crippen LogP contribution in [-0.2, 0) is 20.8 Å². The van der Waals surface area contributed by atoms with Crippen LogP contribution < -0.4 is 5.56 Å². The maximum Gasteiger partial charge on any atom is 0.310 e. The fraction of sp³-hybridized carbons (Fsp3) is 0.579. The molecule has 1 saturated heterocycles. The molecule has 2 aromatic heterocycles. The van der Waals surface area contributed by atoms with Crippen LogP contribution >= 0.6 is 0 Å². The van der Waals surface area contributed by atoms with Gasteiger partial charge in [-0.05, 0) is 26.7 Å². The Morgan fingerprint density at radius 2 is 2.18 bits per heavy atom. The molecule has 9 heteroatoms. The van der Waals surface area contributed by atoms with Crippen LogP contribution in [-0.4, -0.2) is 59.7 Å². The van der Waals surface area contributed by atoms with Crippen LogP contribution in [0.2, 0.25) is 0 Å². The second-order valence-electron chi connectivity index (χ2n) is 6.79. The summed E-state index contributed by atoms with van der Waals surface area (Å²) >= 11 is 0. The Labute approximate surface area is 162 Å². The van der Waals surface area contributed by atoms with Gasteiger partial charge >= 0.3 is 5.97 Å². The van der Waals surface area contributed by atoms with Gasteiger partial charge in [0.15, 0.2) is 0 Å². The minimum atomic E-state index is -0.354. The number of aromatic nitrogens is 2. The second kappa shape index (κ2) is 8.55. The molecule has 1 unspecified atom stereocenters. The van der Waals surface area contributed by atoms with Crippen molar-refractivity contribution >= 4 is 23.0 Å². The number of fused-ring (bicyclic) bond motifs is 1. The molecule has 0 aromatic carbocycles. The zero-order valence-electron chi connectivity index (χ0n) is 16.4. The average Bonchev–Trinajstić information content (AvgIpc) is 3.04. The highest BCUT2D eigenvalue weighted by Gasteiger charge is 2.33. The van der Waals surface area contributed by atoms with E-state index in [1.54, 1.807) is 25.9 Å². The van der Waals surface area contributed by atoms with Crippen LogP contribution in [0.1, 0.15) is 35.9 Å². The van der Waals surface area contributed by atoms with Gasteiger partial charge in [-0.15, -0.1) is 0 Å². The van der Waals surface area contributed by atoms with E-state index in [9.17, 15) is 14.4 Å². The van der Waals surface area contributed by atoms with Gasteiger partial charge < -0.3 is 18.8 Å². The van der Waals surface area contributed by atoms with Gasteiger partial charge in [-0.2, -0.15) is 0 Å². The third-order valence-electron chi connectivity index (χ3n) is 4.93. The third-order valence-corrected chi connectivity index (χ3v) is 4.93. The maximum atomic E-state index is 13.2. The summed E-state index contributed by atoms with van der Waals surface area (Å²) in [6.45, 7) is 5.15. The number of likely N-dealkylation sites (tertiary alicyclic amines) is 1. The van der Waals surface area contributed by atoms with Gasteiger partial charge in [0.05, 0.1) is 31.2 Å². The molecule has 1 aliphatic heterocycles. The first-order valence-electron chi connectivity index (χ1n) is 9.41. The fourth-order valence-electron chi connectivity index (χ4n) is 3.52. The first-order chi connectivity index (χ1) is 13.5. The number of aryl methyl sites for hydroxylation is 1.